The Hall–Kier alpha value is -1.00. The van der Waals surface area contributed by atoms with Crippen LogP contribution in [-0.2, 0) is 4.79 Å². The Labute approximate surface area is 112 Å². The number of aliphatic carboxylic acids is 1. The minimum absolute atomic E-state index is 0.394. The molecule has 0 heterocycles. The van der Waals surface area contributed by atoms with Crippen molar-refractivity contribution >= 4 is 17.7 Å². The molecule has 2 N–H and O–H groups in total. The number of hydrogen-bond donors (Lipinski definition) is 2. The predicted octanol–water partition coefficient (Wildman–Crippen LogP) is 2.68. The summed E-state index contributed by atoms with van der Waals surface area (Å²) < 4.78 is 0. The lowest BCUT2D eigenvalue weighted by Gasteiger charge is -2.13. The van der Waals surface area contributed by atoms with Crippen LogP contribution < -0.4 is 5.32 Å². The molecule has 1 saturated carbocycles. The molecule has 1 aromatic rings. The molecule has 1 aliphatic carbocycles. The topological polar surface area (TPSA) is 49.3 Å². The maximum Gasteiger partial charge on any atom is 0.320 e. The van der Waals surface area contributed by atoms with E-state index in [0.29, 0.717) is 12.5 Å². The number of benzene rings is 1. The molecule has 0 aliphatic heterocycles. The van der Waals surface area contributed by atoms with Crippen molar-refractivity contribution in [2.45, 2.75) is 43.2 Å². The summed E-state index contributed by atoms with van der Waals surface area (Å²) >= 11 is 1.72. The molecule has 1 atom stereocenters. The van der Waals surface area contributed by atoms with Gasteiger partial charge in [-0.3, -0.25) is 4.79 Å². The van der Waals surface area contributed by atoms with Crippen molar-refractivity contribution in [1.29, 1.82) is 0 Å². The van der Waals surface area contributed by atoms with E-state index in [0.717, 1.165) is 18.6 Å². The van der Waals surface area contributed by atoms with Crippen LogP contribution in [0.3, 0.4) is 0 Å². The first-order valence-electron chi connectivity index (χ1n) is 6.33. The number of hydrogen-bond acceptors (Lipinski definition) is 3. The zero-order valence-electron chi connectivity index (χ0n) is 10.6. The Morgan fingerprint density at radius 2 is 2.33 bits per heavy atom. The molecule has 18 heavy (non-hydrogen) atoms. The fraction of sp³-hybridized carbons (Fsp3) is 0.500. The van der Waals surface area contributed by atoms with Crippen molar-refractivity contribution in [1.82, 2.24) is 5.32 Å². The predicted molar refractivity (Wildman–Crippen MR) is 74.1 cm³/mol. The van der Waals surface area contributed by atoms with Crippen LogP contribution in [0.15, 0.2) is 29.2 Å². The highest BCUT2D eigenvalue weighted by Crippen LogP contribution is 2.23. The van der Waals surface area contributed by atoms with Crippen molar-refractivity contribution in [3.05, 3.63) is 29.8 Å². The number of nitrogens with one attached hydrogen (secondary N) is 1. The second-order valence-electron chi connectivity index (χ2n) is 4.79. The first kappa shape index (κ1) is 13.4. The van der Waals surface area contributed by atoms with Gasteiger partial charge in [0.25, 0.3) is 0 Å². The summed E-state index contributed by atoms with van der Waals surface area (Å²) in [5.74, 6) is 0.104. The van der Waals surface area contributed by atoms with Gasteiger partial charge in [0.1, 0.15) is 6.04 Å². The SMILES string of the molecule is Cc1cccc(SCCC(NC2CC2)C(=O)O)c1. The molecule has 3 nitrogen and oxygen atoms in total. The Morgan fingerprint density at radius 1 is 1.56 bits per heavy atom. The molecule has 2 rings (SSSR count). The number of carbonyl (C=O) groups is 1. The molecule has 0 aromatic heterocycles. The monoisotopic (exact) mass is 265 g/mol. The lowest BCUT2D eigenvalue weighted by Crippen LogP contribution is -2.38. The maximum absolute atomic E-state index is 11.1. The van der Waals surface area contributed by atoms with Crippen LogP contribution in [-0.4, -0.2) is 28.9 Å². The first-order valence-corrected chi connectivity index (χ1v) is 7.32. The van der Waals surface area contributed by atoms with Gasteiger partial charge in [0.2, 0.25) is 0 Å². The molecule has 1 fully saturated rings. The first-order chi connectivity index (χ1) is 8.65. The summed E-state index contributed by atoms with van der Waals surface area (Å²) in [5, 5.41) is 12.3. The summed E-state index contributed by atoms with van der Waals surface area (Å²) in [6, 6.07) is 8.36. The van der Waals surface area contributed by atoms with Crippen LogP contribution in [0.25, 0.3) is 0 Å². The Balaban J connectivity index is 1.77. The van der Waals surface area contributed by atoms with Crippen LogP contribution in [0, 0.1) is 6.92 Å². The molecular formula is C14H19NO2S. The largest absolute Gasteiger partial charge is 0.480 e. The molecule has 98 valence electrons. The number of aryl methyl sites for hydroxylation is 1. The smallest absolute Gasteiger partial charge is 0.320 e. The van der Waals surface area contributed by atoms with E-state index in [4.69, 9.17) is 5.11 Å². The van der Waals surface area contributed by atoms with Gasteiger partial charge in [0.15, 0.2) is 0 Å². The van der Waals surface area contributed by atoms with Crippen molar-refractivity contribution in [3.63, 3.8) is 0 Å². The van der Waals surface area contributed by atoms with E-state index in [2.05, 4.69) is 30.4 Å². The van der Waals surface area contributed by atoms with Gasteiger partial charge in [-0.15, -0.1) is 11.8 Å². The lowest BCUT2D eigenvalue weighted by molar-refractivity contribution is -0.139. The minimum Gasteiger partial charge on any atom is -0.480 e. The Bertz CT molecular complexity index is 418. The third-order valence-electron chi connectivity index (χ3n) is 2.98. The van der Waals surface area contributed by atoms with E-state index in [9.17, 15) is 4.79 Å². The van der Waals surface area contributed by atoms with E-state index in [1.165, 1.54) is 10.5 Å². The molecule has 0 amide bonds. The average molecular weight is 265 g/mol. The average Bonchev–Trinajstić information content (AvgIpc) is 3.11. The molecule has 1 aliphatic rings. The van der Waals surface area contributed by atoms with Crippen molar-refractivity contribution in [2.24, 2.45) is 0 Å². The Kier molecular flexibility index (Phi) is 4.66. The second-order valence-corrected chi connectivity index (χ2v) is 5.95. The molecule has 1 aromatic carbocycles. The number of thioether (sulfide) groups is 1. The van der Waals surface area contributed by atoms with Crippen molar-refractivity contribution < 1.29 is 9.90 Å². The van der Waals surface area contributed by atoms with Gasteiger partial charge in [0, 0.05) is 16.7 Å². The highest BCUT2D eigenvalue weighted by Gasteiger charge is 2.27. The normalized spacial score (nSPS) is 16.5. The van der Waals surface area contributed by atoms with E-state index in [1.807, 2.05) is 6.07 Å². The van der Waals surface area contributed by atoms with E-state index < -0.39 is 12.0 Å². The maximum atomic E-state index is 11.1. The van der Waals surface area contributed by atoms with Gasteiger partial charge in [-0.2, -0.15) is 0 Å². The van der Waals surface area contributed by atoms with Gasteiger partial charge in [0.05, 0.1) is 0 Å². The van der Waals surface area contributed by atoms with Crippen LogP contribution in [0.4, 0.5) is 0 Å². The van der Waals surface area contributed by atoms with Gasteiger partial charge in [-0.25, -0.2) is 0 Å². The minimum atomic E-state index is -0.730. The number of carboxylic acids is 1. The standard InChI is InChI=1S/C14H19NO2S/c1-10-3-2-4-12(9-10)18-8-7-13(14(16)17)15-11-5-6-11/h2-4,9,11,13,15H,5-8H2,1H3,(H,16,17). The third kappa shape index (κ3) is 4.35. The summed E-state index contributed by atoms with van der Waals surface area (Å²) in [4.78, 5) is 12.3. The van der Waals surface area contributed by atoms with Gasteiger partial charge >= 0.3 is 5.97 Å². The van der Waals surface area contributed by atoms with Gasteiger partial charge in [-0.05, 0) is 38.3 Å². The van der Waals surface area contributed by atoms with E-state index >= 15 is 0 Å². The summed E-state index contributed by atoms with van der Waals surface area (Å²) in [6.07, 6.45) is 2.91. The lowest BCUT2D eigenvalue weighted by atomic mass is 10.2. The van der Waals surface area contributed by atoms with Crippen molar-refractivity contribution in [2.75, 3.05) is 5.75 Å². The summed E-state index contributed by atoms with van der Waals surface area (Å²) in [6.45, 7) is 2.07. The quantitative estimate of drug-likeness (QED) is 0.744. The van der Waals surface area contributed by atoms with Gasteiger partial charge in [-0.1, -0.05) is 17.7 Å². The highest BCUT2D eigenvalue weighted by atomic mass is 32.2. The summed E-state index contributed by atoms with van der Waals surface area (Å²) in [7, 11) is 0. The fourth-order valence-electron chi connectivity index (χ4n) is 1.81. The Morgan fingerprint density at radius 3 is 2.94 bits per heavy atom. The zero-order chi connectivity index (χ0) is 13.0. The molecule has 1 unspecified atom stereocenters. The van der Waals surface area contributed by atoms with Crippen LogP contribution in [0.1, 0.15) is 24.8 Å². The van der Waals surface area contributed by atoms with Crippen molar-refractivity contribution in [3.8, 4) is 0 Å². The number of carboxylic acid groups (broad SMARTS) is 1. The zero-order valence-corrected chi connectivity index (χ0v) is 11.4. The van der Waals surface area contributed by atoms with Crippen LogP contribution in [0.2, 0.25) is 0 Å². The summed E-state index contributed by atoms with van der Waals surface area (Å²) in [5.41, 5.74) is 1.24. The molecule has 4 heteroatoms. The molecule has 0 saturated heterocycles. The van der Waals surface area contributed by atoms with Gasteiger partial charge < -0.3 is 10.4 Å². The molecule has 0 spiro atoms. The van der Waals surface area contributed by atoms with Crippen LogP contribution in [0.5, 0.6) is 0 Å². The molecular weight excluding hydrogens is 246 g/mol. The van der Waals surface area contributed by atoms with E-state index in [1.54, 1.807) is 11.8 Å². The van der Waals surface area contributed by atoms with E-state index in [-0.39, 0.29) is 0 Å². The second kappa shape index (κ2) is 6.25. The number of rotatable bonds is 7. The fourth-order valence-corrected chi connectivity index (χ4v) is 2.85. The molecule has 0 radical (unpaired) electrons. The van der Waals surface area contributed by atoms with Crippen LogP contribution >= 0.6 is 11.8 Å². The highest BCUT2D eigenvalue weighted by molar-refractivity contribution is 7.99. The molecule has 0 bridgehead atoms. The third-order valence-corrected chi connectivity index (χ3v) is 4.00.